The molecule has 0 aromatic carbocycles. The van der Waals surface area contributed by atoms with E-state index < -0.39 is 5.97 Å². The molecule has 2 saturated heterocycles. The summed E-state index contributed by atoms with van der Waals surface area (Å²) in [5.74, 6) is -0.519. The van der Waals surface area contributed by atoms with Gasteiger partial charge in [0.05, 0.1) is 5.92 Å². The third-order valence-electron chi connectivity index (χ3n) is 5.01. The second-order valence-electron chi connectivity index (χ2n) is 6.63. The van der Waals surface area contributed by atoms with Crippen molar-refractivity contribution in [3.63, 3.8) is 0 Å². The predicted octanol–water partition coefficient (Wildman–Crippen LogP) is 0.820. The van der Waals surface area contributed by atoms with Crippen molar-refractivity contribution in [2.45, 2.75) is 38.3 Å². The van der Waals surface area contributed by atoms with Gasteiger partial charge in [-0.3, -0.25) is 14.6 Å². The highest BCUT2D eigenvalue weighted by Gasteiger charge is 2.31. The van der Waals surface area contributed by atoms with Crippen LogP contribution in [0, 0.1) is 5.92 Å². The Morgan fingerprint density at radius 1 is 1.22 bits per heavy atom. The number of nitrogens with zero attached hydrogens (tertiary/aromatic N) is 4. The zero-order valence-corrected chi connectivity index (χ0v) is 13.4. The fourth-order valence-corrected chi connectivity index (χ4v) is 3.69. The molecule has 0 aliphatic carbocycles. The maximum absolute atomic E-state index is 11.2. The summed E-state index contributed by atoms with van der Waals surface area (Å²) in [5.41, 5.74) is 6.59. The Labute approximate surface area is 136 Å². The van der Waals surface area contributed by atoms with Gasteiger partial charge in [0.25, 0.3) is 0 Å². The molecule has 126 valence electrons. The number of nitrogens with two attached hydrogens (primary N) is 1. The maximum atomic E-state index is 11.2. The van der Waals surface area contributed by atoms with Crippen molar-refractivity contribution in [3.8, 4) is 0 Å². The highest BCUT2D eigenvalue weighted by molar-refractivity contribution is 5.70. The summed E-state index contributed by atoms with van der Waals surface area (Å²) in [6.07, 6.45) is 7.60. The molecule has 3 heterocycles. The molecule has 7 heteroatoms. The van der Waals surface area contributed by atoms with Gasteiger partial charge in [-0.1, -0.05) is 0 Å². The molecule has 0 saturated carbocycles. The first-order valence-electron chi connectivity index (χ1n) is 8.37. The molecule has 1 atom stereocenters. The second-order valence-corrected chi connectivity index (χ2v) is 6.63. The van der Waals surface area contributed by atoms with Gasteiger partial charge in [0.1, 0.15) is 0 Å². The molecule has 3 rings (SSSR count). The highest BCUT2D eigenvalue weighted by Crippen LogP contribution is 2.24. The number of carboxylic acids is 1. The van der Waals surface area contributed by atoms with Crippen molar-refractivity contribution in [2.75, 3.05) is 31.9 Å². The SMILES string of the molecule is Nc1ncc(CN2CCC(N3CCC[C@@H](C(=O)O)C3)CC2)cn1. The summed E-state index contributed by atoms with van der Waals surface area (Å²) in [6, 6.07) is 0.524. The summed E-state index contributed by atoms with van der Waals surface area (Å²) < 4.78 is 0. The first-order chi connectivity index (χ1) is 11.1. The molecule has 2 aliphatic heterocycles. The molecule has 0 unspecified atom stereocenters. The molecule has 1 aromatic heterocycles. The first kappa shape index (κ1) is 16.1. The largest absolute Gasteiger partial charge is 0.481 e. The summed E-state index contributed by atoms with van der Waals surface area (Å²) in [7, 11) is 0. The molecule has 2 fully saturated rings. The minimum Gasteiger partial charge on any atom is -0.481 e. The number of aliphatic carboxylic acids is 1. The fourth-order valence-electron chi connectivity index (χ4n) is 3.69. The van der Waals surface area contributed by atoms with Crippen LogP contribution in [0.25, 0.3) is 0 Å². The maximum Gasteiger partial charge on any atom is 0.307 e. The summed E-state index contributed by atoms with van der Waals surface area (Å²) >= 11 is 0. The number of carbonyl (C=O) groups is 1. The molecule has 1 aromatic rings. The van der Waals surface area contributed by atoms with Crippen LogP contribution in [0.5, 0.6) is 0 Å². The van der Waals surface area contributed by atoms with E-state index in [1.807, 2.05) is 0 Å². The fraction of sp³-hybridized carbons (Fsp3) is 0.688. The average Bonchev–Trinajstić information content (AvgIpc) is 2.58. The minimum atomic E-state index is -0.643. The van der Waals surface area contributed by atoms with Gasteiger partial charge in [-0.15, -0.1) is 0 Å². The number of hydrogen-bond acceptors (Lipinski definition) is 6. The van der Waals surface area contributed by atoms with Crippen LogP contribution in [0.15, 0.2) is 12.4 Å². The van der Waals surface area contributed by atoms with Crippen LogP contribution < -0.4 is 5.73 Å². The first-order valence-corrected chi connectivity index (χ1v) is 8.37. The van der Waals surface area contributed by atoms with E-state index in [-0.39, 0.29) is 5.92 Å². The molecule has 0 spiro atoms. The van der Waals surface area contributed by atoms with E-state index in [1.165, 1.54) is 0 Å². The van der Waals surface area contributed by atoms with Gasteiger partial charge in [-0.25, -0.2) is 9.97 Å². The predicted molar refractivity (Wildman–Crippen MR) is 86.7 cm³/mol. The molecular formula is C16H25N5O2. The lowest BCUT2D eigenvalue weighted by atomic mass is 9.94. The van der Waals surface area contributed by atoms with E-state index in [1.54, 1.807) is 12.4 Å². The number of anilines is 1. The monoisotopic (exact) mass is 319 g/mol. The number of aromatic nitrogens is 2. The van der Waals surface area contributed by atoms with Gasteiger partial charge in [0.15, 0.2) is 0 Å². The van der Waals surface area contributed by atoms with Crippen LogP contribution in [0.4, 0.5) is 5.95 Å². The second kappa shape index (κ2) is 7.23. The Morgan fingerprint density at radius 3 is 2.57 bits per heavy atom. The van der Waals surface area contributed by atoms with Gasteiger partial charge in [0.2, 0.25) is 5.95 Å². The Bertz CT molecular complexity index is 528. The summed E-state index contributed by atoms with van der Waals surface area (Å²) in [6.45, 7) is 4.67. The topological polar surface area (TPSA) is 95.6 Å². The zero-order valence-electron chi connectivity index (χ0n) is 13.4. The smallest absolute Gasteiger partial charge is 0.307 e. The normalized spacial score (nSPS) is 24.6. The minimum absolute atomic E-state index is 0.186. The van der Waals surface area contributed by atoms with E-state index in [0.29, 0.717) is 18.5 Å². The van der Waals surface area contributed by atoms with Crippen molar-refractivity contribution in [1.29, 1.82) is 0 Å². The number of nitrogen functional groups attached to an aromatic ring is 1. The van der Waals surface area contributed by atoms with Crippen LogP contribution >= 0.6 is 0 Å². The highest BCUT2D eigenvalue weighted by atomic mass is 16.4. The molecule has 2 aliphatic rings. The Kier molecular flexibility index (Phi) is 5.07. The van der Waals surface area contributed by atoms with E-state index in [2.05, 4.69) is 19.8 Å². The average molecular weight is 319 g/mol. The Hall–Kier alpha value is -1.73. The standard InChI is InChI=1S/C16H25N5O2/c17-16-18-8-12(9-19-16)10-20-6-3-14(4-7-20)21-5-1-2-13(11-21)15(22)23/h8-9,13-14H,1-7,10-11H2,(H,22,23)(H2,17,18,19)/t13-/m1/s1. The molecule has 7 nitrogen and oxygen atoms in total. The van der Waals surface area contributed by atoms with Crippen LogP contribution in [0.1, 0.15) is 31.2 Å². The number of carboxylic acid groups (broad SMARTS) is 1. The molecule has 0 amide bonds. The third-order valence-corrected chi connectivity index (χ3v) is 5.01. The van der Waals surface area contributed by atoms with Gasteiger partial charge in [-0.05, 0) is 45.3 Å². The van der Waals surface area contributed by atoms with Gasteiger partial charge < -0.3 is 10.8 Å². The molecular weight excluding hydrogens is 294 g/mol. The Morgan fingerprint density at radius 2 is 1.91 bits per heavy atom. The van der Waals surface area contributed by atoms with Crippen molar-refractivity contribution in [2.24, 2.45) is 5.92 Å². The van der Waals surface area contributed by atoms with E-state index >= 15 is 0 Å². The van der Waals surface area contributed by atoms with Crippen molar-refractivity contribution in [3.05, 3.63) is 18.0 Å². The van der Waals surface area contributed by atoms with E-state index in [0.717, 1.165) is 57.4 Å². The quantitative estimate of drug-likeness (QED) is 0.848. The van der Waals surface area contributed by atoms with Crippen molar-refractivity contribution < 1.29 is 9.90 Å². The number of hydrogen-bond donors (Lipinski definition) is 2. The van der Waals surface area contributed by atoms with Crippen molar-refractivity contribution >= 4 is 11.9 Å². The van der Waals surface area contributed by atoms with Crippen molar-refractivity contribution in [1.82, 2.24) is 19.8 Å². The Balaban J connectivity index is 1.48. The number of piperidine rings is 2. The van der Waals surface area contributed by atoms with Crippen LogP contribution in [0.3, 0.4) is 0 Å². The zero-order chi connectivity index (χ0) is 16.2. The third kappa shape index (κ3) is 4.17. The van der Waals surface area contributed by atoms with Crippen LogP contribution in [-0.2, 0) is 11.3 Å². The summed E-state index contributed by atoms with van der Waals surface area (Å²) in [5, 5.41) is 9.22. The molecule has 3 N–H and O–H groups in total. The molecule has 0 radical (unpaired) electrons. The van der Waals surface area contributed by atoms with E-state index in [4.69, 9.17) is 5.73 Å². The lowest BCUT2D eigenvalue weighted by Crippen LogP contribution is -2.49. The van der Waals surface area contributed by atoms with Gasteiger partial charge >= 0.3 is 5.97 Å². The number of likely N-dealkylation sites (tertiary alicyclic amines) is 2. The van der Waals surface area contributed by atoms with Gasteiger partial charge in [-0.2, -0.15) is 0 Å². The summed E-state index contributed by atoms with van der Waals surface area (Å²) in [4.78, 5) is 24.1. The van der Waals surface area contributed by atoms with E-state index in [9.17, 15) is 9.90 Å². The lowest BCUT2D eigenvalue weighted by molar-refractivity contribution is -0.144. The van der Waals surface area contributed by atoms with Crippen LogP contribution in [0.2, 0.25) is 0 Å². The number of rotatable bonds is 4. The van der Waals surface area contributed by atoms with Crippen LogP contribution in [-0.4, -0.2) is 63.1 Å². The lowest BCUT2D eigenvalue weighted by Gasteiger charge is -2.41. The van der Waals surface area contributed by atoms with Gasteiger partial charge in [0, 0.05) is 37.1 Å². The molecule has 23 heavy (non-hydrogen) atoms. The molecule has 0 bridgehead atoms.